The van der Waals surface area contributed by atoms with Gasteiger partial charge in [0.25, 0.3) is 5.91 Å². The molecule has 1 amide bonds. The molecular weight excluding hydrogens is 431 g/mol. The molecule has 11 heteroatoms. The van der Waals surface area contributed by atoms with Crippen molar-refractivity contribution in [2.75, 3.05) is 26.3 Å². The highest BCUT2D eigenvalue weighted by Crippen LogP contribution is 2.27. The molecule has 1 saturated heterocycles. The molecule has 140 valence electrons. The third-order valence-electron chi connectivity index (χ3n) is 3.81. The van der Waals surface area contributed by atoms with E-state index in [-0.39, 0.29) is 42.9 Å². The number of nitrogens with one attached hydrogen (secondary N) is 2. The number of morpholine rings is 1. The van der Waals surface area contributed by atoms with E-state index >= 15 is 0 Å². The maximum absolute atomic E-state index is 14.9. The molecule has 2 N–H and O–H groups in total. The van der Waals surface area contributed by atoms with Crippen molar-refractivity contribution in [2.45, 2.75) is 11.4 Å². The van der Waals surface area contributed by atoms with Crippen LogP contribution in [0.1, 0.15) is 16.2 Å². The molecule has 3 rings (SSSR count). The summed E-state index contributed by atoms with van der Waals surface area (Å²) < 4.78 is 46.9. The van der Waals surface area contributed by atoms with Crippen molar-refractivity contribution in [1.29, 1.82) is 0 Å². The van der Waals surface area contributed by atoms with Gasteiger partial charge in [0.1, 0.15) is 10.7 Å². The summed E-state index contributed by atoms with van der Waals surface area (Å²) in [5.41, 5.74) is -0.363. The lowest BCUT2D eigenvalue weighted by Gasteiger charge is -2.26. The molecule has 0 unspecified atom stereocenters. The number of sulfonamides is 1. The molecule has 1 aliphatic rings. The third kappa shape index (κ3) is 3.95. The quantitative estimate of drug-likeness (QED) is 0.719. The number of imidazole rings is 1. The molecule has 0 aliphatic carbocycles. The van der Waals surface area contributed by atoms with Gasteiger partial charge < -0.3 is 15.0 Å². The molecule has 0 atom stereocenters. The van der Waals surface area contributed by atoms with Crippen LogP contribution in [0.25, 0.3) is 0 Å². The lowest BCUT2D eigenvalue weighted by molar-refractivity contribution is 0.0729. The number of hydrogen-bond acceptors (Lipinski definition) is 5. The van der Waals surface area contributed by atoms with Crippen LogP contribution >= 0.6 is 15.9 Å². The number of ether oxygens (including phenoxy) is 1. The van der Waals surface area contributed by atoms with Gasteiger partial charge in [0.05, 0.1) is 25.3 Å². The predicted molar refractivity (Wildman–Crippen MR) is 93.4 cm³/mol. The van der Waals surface area contributed by atoms with Crippen LogP contribution in [-0.2, 0) is 21.3 Å². The Balaban J connectivity index is 1.89. The number of benzene rings is 1. The smallest absolute Gasteiger partial charge is 0.254 e. The molecule has 2 aromatic rings. The molecule has 1 aromatic carbocycles. The molecule has 0 radical (unpaired) electrons. The van der Waals surface area contributed by atoms with Gasteiger partial charge in [-0.2, -0.15) is 4.31 Å². The lowest BCUT2D eigenvalue weighted by atomic mass is 10.2. The second kappa shape index (κ2) is 7.82. The molecule has 8 nitrogen and oxygen atoms in total. The fraction of sp³-hybridized carbons (Fsp3) is 0.333. The van der Waals surface area contributed by atoms with Crippen LogP contribution in [0.3, 0.4) is 0 Å². The highest BCUT2D eigenvalue weighted by atomic mass is 79.9. The fourth-order valence-electron chi connectivity index (χ4n) is 2.50. The van der Waals surface area contributed by atoms with Crippen molar-refractivity contribution in [3.8, 4) is 0 Å². The number of hydrogen-bond donors (Lipinski definition) is 2. The topological polar surface area (TPSA) is 104 Å². The van der Waals surface area contributed by atoms with E-state index in [0.29, 0.717) is 5.82 Å². The van der Waals surface area contributed by atoms with Crippen LogP contribution in [-0.4, -0.2) is 54.9 Å². The SMILES string of the molecule is O=C(NCc1ncc[nH]1)c1cc(Br)cc(S(=O)(=O)N2CCOCC2)c1F. The molecule has 26 heavy (non-hydrogen) atoms. The number of H-pyrrole nitrogens is 1. The summed E-state index contributed by atoms with van der Waals surface area (Å²) in [5.74, 6) is -1.33. The monoisotopic (exact) mass is 446 g/mol. The number of aromatic nitrogens is 2. The average molecular weight is 447 g/mol. The number of carbonyl (C=O) groups excluding carboxylic acids is 1. The summed E-state index contributed by atoms with van der Waals surface area (Å²) >= 11 is 3.15. The minimum absolute atomic E-state index is 0.0589. The summed E-state index contributed by atoms with van der Waals surface area (Å²) in [7, 11) is -4.08. The van der Waals surface area contributed by atoms with Gasteiger partial charge in [-0.25, -0.2) is 17.8 Å². The van der Waals surface area contributed by atoms with Crippen LogP contribution in [0.4, 0.5) is 4.39 Å². The number of halogens is 2. The van der Waals surface area contributed by atoms with Gasteiger partial charge in [-0.3, -0.25) is 4.79 Å². The van der Waals surface area contributed by atoms with E-state index in [1.807, 2.05) is 0 Å². The lowest BCUT2D eigenvalue weighted by Crippen LogP contribution is -2.41. The summed E-state index contributed by atoms with van der Waals surface area (Å²) in [4.78, 5) is 18.5. The van der Waals surface area contributed by atoms with Gasteiger partial charge in [0.2, 0.25) is 10.0 Å². The number of rotatable bonds is 5. The summed E-state index contributed by atoms with van der Waals surface area (Å²) in [6.07, 6.45) is 3.11. The van der Waals surface area contributed by atoms with Crippen LogP contribution in [0.5, 0.6) is 0 Å². The number of nitrogens with zero attached hydrogens (tertiary/aromatic N) is 2. The Morgan fingerprint density at radius 3 is 2.77 bits per heavy atom. The molecule has 1 aromatic heterocycles. The van der Waals surface area contributed by atoms with Crippen molar-refractivity contribution in [2.24, 2.45) is 0 Å². The average Bonchev–Trinajstić information content (AvgIpc) is 3.15. The van der Waals surface area contributed by atoms with Crippen molar-refractivity contribution < 1.29 is 22.3 Å². The Morgan fingerprint density at radius 2 is 2.12 bits per heavy atom. The number of carbonyl (C=O) groups is 1. The van der Waals surface area contributed by atoms with Gasteiger partial charge >= 0.3 is 0 Å². The first-order chi connectivity index (χ1) is 12.4. The normalized spacial score (nSPS) is 15.8. The third-order valence-corrected chi connectivity index (χ3v) is 6.16. The first-order valence-electron chi connectivity index (χ1n) is 7.73. The molecule has 1 fully saturated rings. The van der Waals surface area contributed by atoms with E-state index in [1.54, 1.807) is 6.20 Å². The van der Waals surface area contributed by atoms with Crippen LogP contribution < -0.4 is 5.32 Å². The van der Waals surface area contributed by atoms with E-state index in [1.165, 1.54) is 12.3 Å². The Labute approximate surface area is 157 Å². The van der Waals surface area contributed by atoms with Gasteiger partial charge in [0.15, 0.2) is 5.82 Å². The van der Waals surface area contributed by atoms with Crippen molar-refractivity contribution in [3.05, 3.63) is 46.2 Å². The molecular formula is C15H16BrFN4O4S. The molecule has 0 bridgehead atoms. The minimum atomic E-state index is -4.08. The fourth-order valence-corrected chi connectivity index (χ4v) is 4.63. The van der Waals surface area contributed by atoms with Gasteiger partial charge in [-0.05, 0) is 12.1 Å². The van der Waals surface area contributed by atoms with Crippen molar-refractivity contribution in [3.63, 3.8) is 0 Å². The zero-order valence-corrected chi connectivity index (χ0v) is 15.9. The van der Waals surface area contributed by atoms with Crippen molar-refractivity contribution in [1.82, 2.24) is 19.6 Å². The van der Waals surface area contributed by atoms with Crippen LogP contribution in [0.2, 0.25) is 0 Å². The summed E-state index contributed by atoms with van der Waals surface area (Å²) in [6.45, 7) is 0.808. The first-order valence-corrected chi connectivity index (χ1v) is 9.96. The van der Waals surface area contributed by atoms with Gasteiger partial charge in [-0.1, -0.05) is 15.9 Å². The zero-order valence-electron chi connectivity index (χ0n) is 13.5. The van der Waals surface area contributed by atoms with Gasteiger partial charge in [-0.15, -0.1) is 0 Å². The molecule has 2 heterocycles. The molecule has 0 spiro atoms. The second-order valence-electron chi connectivity index (χ2n) is 5.50. The van der Waals surface area contributed by atoms with E-state index < -0.39 is 26.6 Å². The van der Waals surface area contributed by atoms with E-state index in [2.05, 4.69) is 31.2 Å². The van der Waals surface area contributed by atoms with Crippen LogP contribution in [0.15, 0.2) is 33.9 Å². The van der Waals surface area contributed by atoms with E-state index in [4.69, 9.17) is 4.74 Å². The van der Waals surface area contributed by atoms with Crippen LogP contribution in [0, 0.1) is 5.82 Å². The first kappa shape index (κ1) is 19.0. The summed E-state index contributed by atoms with van der Waals surface area (Å²) in [6, 6.07) is 2.40. The highest BCUT2D eigenvalue weighted by Gasteiger charge is 2.31. The highest BCUT2D eigenvalue weighted by molar-refractivity contribution is 9.10. The van der Waals surface area contributed by atoms with Crippen molar-refractivity contribution >= 4 is 31.9 Å². The van der Waals surface area contributed by atoms with Gasteiger partial charge in [0, 0.05) is 30.0 Å². The Morgan fingerprint density at radius 1 is 1.38 bits per heavy atom. The maximum atomic E-state index is 14.9. The maximum Gasteiger partial charge on any atom is 0.254 e. The largest absolute Gasteiger partial charge is 0.379 e. The second-order valence-corrected chi connectivity index (χ2v) is 8.32. The Bertz CT molecular complexity index is 899. The Hall–Kier alpha value is -1.82. The molecule has 0 saturated carbocycles. The minimum Gasteiger partial charge on any atom is -0.379 e. The standard InChI is InChI=1S/C15H16BrFN4O4S/c16-10-7-11(15(22)20-9-13-18-1-2-19-13)14(17)12(8-10)26(23,24)21-3-5-25-6-4-21/h1-2,7-8H,3-6,9H2,(H,18,19)(H,20,22). The molecule has 1 aliphatic heterocycles. The number of aromatic amines is 1. The Kier molecular flexibility index (Phi) is 5.70. The van der Waals surface area contributed by atoms with E-state index in [0.717, 1.165) is 10.4 Å². The summed E-state index contributed by atoms with van der Waals surface area (Å²) in [5, 5.41) is 2.51. The van der Waals surface area contributed by atoms with E-state index in [9.17, 15) is 17.6 Å². The predicted octanol–water partition coefficient (Wildman–Crippen LogP) is 1.26. The number of amides is 1. The zero-order chi connectivity index (χ0) is 18.7.